The Kier molecular flexibility index (Phi) is 14.4. The summed E-state index contributed by atoms with van der Waals surface area (Å²) in [4.78, 5) is 54.4. The lowest BCUT2D eigenvalue weighted by molar-refractivity contribution is 0.0635. The molecule has 3 N–H and O–H groups in total. The van der Waals surface area contributed by atoms with E-state index < -0.39 is 17.1 Å². The first-order valence-electron chi connectivity index (χ1n) is 20.5. The number of rotatable bonds is 13. The molecule has 1 heterocycles. The number of benzene rings is 4. The molecule has 0 saturated carbocycles. The third-order valence-corrected chi connectivity index (χ3v) is 10.8. The maximum atomic E-state index is 13.7. The molecule has 308 valence electrons. The van der Waals surface area contributed by atoms with E-state index in [1.807, 2.05) is 78.8 Å². The number of carbonyl (C=O) groups excluding carboxylic acids is 4. The topological polar surface area (TPSA) is 126 Å². The number of anilines is 2. The first-order valence-corrected chi connectivity index (χ1v) is 20.5. The van der Waals surface area contributed by atoms with Crippen molar-refractivity contribution in [1.29, 1.82) is 0 Å². The molecule has 0 radical (unpaired) electrons. The number of hydrogen-bond donors (Lipinski definition) is 3. The molecule has 0 spiro atoms. The number of ether oxygens (including phenoxy) is 2. The molecule has 0 aliphatic carbocycles. The summed E-state index contributed by atoms with van der Waals surface area (Å²) in [6, 6.07) is 25.0. The number of nitrogens with zero attached hydrogens (tertiary/aromatic N) is 1. The molecule has 10 heteroatoms. The van der Waals surface area contributed by atoms with Gasteiger partial charge in [-0.15, -0.1) is 0 Å². The molecule has 1 aliphatic rings. The van der Waals surface area contributed by atoms with Gasteiger partial charge < -0.3 is 25.0 Å². The fraction of sp³-hybridized carbons (Fsp3) is 0.417. The first-order chi connectivity index (χ1) is 27.6. The van der Waals surface area contributed by atoms with Gasteiger partial charge in [-0.1, -0.05) is 86.8 Å². The summed E-state index contributed by atoms with van der Waals surface area (Å²) in [6.07, 6.45) is 4.65. The van der Waals surface area contributed by atoms with Crippen LogP contribution in [0.3, 0.4) is 0 Å². The Bertz CT molecular complexity index is 2050. The molecule has 4 aromatic rings. The largest absolute Gasteiger partial charge is 0.445 e. The highest BCUT2D eigenvalue weighted by Crippen LogP contribution is 2.45. The van der Waals surface area contributed by atoms with Gasteiger partial charge in [-0.2, -0.15) is 0 Å². The van der Waals surface area contributed by atoms with Crippen molar-refractivity contribution in [2.75, 3.05) is 30.3 Å². The highest BCUT2D eigenvalue weighted by molar-refractivity contribution is 6.06. The minimum atomic E-state index is -0.638. The Balaban J connectivity index is 1.41. The zero-order valence-corrected chi connectivity index (χ0v) is 35.5. The molecule has 58 heavy (non-hydrogen) atoms. The lowest BCUT2D eigenvalue weighted by atomic mass is 9.67. The van der Waals surface area contributed by atoms with Gasteiger partial charge in [-0.05, 0) is 125 Å². The fourth-order valence-corrected chi connectivity index (χ4v) is 7.75. The van der Waals surface area contributed by atoms with Crippen LogP contribution < -0.4 is 16.0 Å². The quantitative estimate of drug-likeness (QED) is 0.116. The third kappa shape index (κ3) is 11.1. The maximum Gasteiger partial charge on any atom is 0.412 e. The molecule has 1 saturated heterocycles. The summed E-state index contributed by atoms with van der Waals surface area (Å²) < 4.78 is 11.3. The molecule has 1 fully saturated rings. The van der Waals surface area contributed by atoms with E-state index in [9.17, 15) is 19.2 Å². The van der Waals surface area contributed by atoms with E-state index in [1.54, 1.807) is 29.2 Å². The van der Waals surface area contributed by atoms with Crippen LogP contribution >= 0.6 is 0 Å². The summed E-state index contributed by atoms with van der Waals surface area (Å²) in [5.74, 6) is -0.490. The normalized spacial score (nSPS) is 13.7. The number of amides is 4. The van der Waals surface area contributed by atoms with E-state index in [0.29, 0.717) is 55.0 Å². The van der Waals surface area contributed by atoms with Crippen LogP contribution in [0.5, 0.6) is 0 Å². The van der Waals surface area contributed by atoms with Crippen LogP contribution in [0, 0.1) is 27.7 Å². The van der Waals surface area contributed by atoms with Crippen molar-refractivity contribution >= 4 is 35.4 Å². The predicted octanol–water partition coefficient (Wildman–Crippen LogP) is 10.5. The van der Waals surface area contributed by atoms with Crippen LogP contribution in [-0.4, -0.2) is 54.1 Å². The highest BCUT2D eigenvalue weighted by Gasteiger charge is 2.40. The Morgan fingerprint density at radius 3 is 1.79 bits per heavy atom. The molecule has 10 nitrogen and oxygen atoms in total. The van der Waals surface area contributed by atoms with E-state index in [4.69, 9.17) is 9.47 Å². The van der Waals surface area contributed by atoms with E-state index in [-0.39, 0.29) is 24.5 Å². The summed E-state index contributed by atoms with van der Waals surface area (Å²) in [7, 11) is 0. The van der Waals surface area contributed by atoms with Crippen molar-refractivity contribution in [1.82, 2.24) is 10.2 Å². The summed E-state index contributed by atoms with van der Waals surface area (Å²) >= 11 is 0. The summed E-state index contributed by atoms with van der Waals surface area (Å²) in [5.41, 5.74) is 7.78. The average molecular weight is 789 g/mol. The van der Waals surface area contributed by atoms with Crippen LogP contribution in [0.1, 0.15) is 126 Å². The maximum absolute atomic E-state index is 13.7. The van der Waals surface area contributed by atoms with Gasteiger partial charge in [0, 0.05) is 47.6 Å². The second-order valence-electron chi connectivity index (χ2n) is 16.6. The van der Waals surface area contributed by atoms with Crippen LogP contribution in [-0.2, 0) is 21.5 Å². The van der Waals surface area contributed by atoms with Gasteiger partial charge in [0.25, 0.3) is 11.8 Å². The lowest BCUT2D eigenvalue weighted by Gasteiger charge is -2.43. The monoisotopic (exact) mass is 788 g/mol. The summed E-state index contributed by atoms with van der Waals surface area (Å²) in [6.45, 7) is 17.3. The van der Waals surface area contributed by atoms with Gasteiger partial charge in [-0.3, -0.25) is 14.9 Å². The zero-order valence-electron chi connectivity index (χ0n) is 35.5. The number of nitrogens with one attached hydrogen (secondary N) is 3. The van der Waals surface area contributed by atoms with Gasteiger partial charge in [0.1, 0.15) is 12.2 Å². The van der Waals surface area contributed by atoms with Gasteiger partial charge in [0.2, 0.25) is 0 Å². The minimum Gasteiger partial charge on any atom is -0.445 e. The molecule has 4 aromatic carbocycles. The molecule has 0 unspecified atom stereocenters. The van der Waals surface area contributed by atoms with Crippen molar-refractivity contribution in [3.63, 3.8) is 0 Å². The number of aryl methyl sites for hydroxylation is 4. The number of carbonyl (C=O) groups is 4. The highest BCUT2D eigenvalue weighted by atomic mass is 16.6. The Morgan fingerprint density at radius 1 is 0.690 bits per heavy atom. The minimum absolute atomic E-state index is 0.192. The SMILES string of the molecule is CCCCCCNC(=O)c1cccc(C(=O)Nc2c(C)cc(C3(c4cc(C)c(NC(=O)OC(C)(C)C)c(C)c4)CCN(C(=O)OCc4ccccc4)CC3)cc2C)c1. The van der Waals surface area contributed by atoms with Crippen molar-refractivity contribution in [3.8, 4) is 0 Å². The smallest absolute Gasteiger partial charge is 0.412 e. The number of hydrogen-bond acceptors (Lipinski definition) is 6. The zero-order chi connectivity index (χ0) is 42.0. The Hall–Kier alpha value is -5.64. The number of piperidine rings is 1. The van der Waals surface area contributed by atoms with Crippen LogP contribution in [0.15, 0.2) is 78.9 Å². The van der Waals surface area contributed by atoms with E-state index in [1.165, 1.54) is 0 Å². The van der Waals surface area contributed by atoms with Crippen molar-refractivity contribution in [3.05, 3.63) is 129 Å². The number of unbranched alkanes of at least 4 members (excludes halogenated alkanes) is 3. The van der Waals surface area contributed by atoms with Gasteiger partial charge in [0.15, 0.2) is 0 Å². The number of likely N-dealkylation sites (tertiary alicyclic amines) is 1. The third-order valence-electron chi connectivity index (χ3n) is 10.8. The van der Waals surface area contributed by atoms with Crippen LogP contribution in [0.2, 0.25) is 0 Å². The van der Waals surface area contributed by atoms with Gasteiger partial charge in [0.05, 0.1) is 0 Å². The predicted molar refractivity (Wildman–Crippen MR) is 231 cm³/mol. The first kappa shape index (κ1) is 43.5. The molecular formula is C48H60N4O6. The average Bonchev–Trinajstić information content (AvgIpc) is 3.19. The van der Waals surface area contributed by atoms with Crippen molar-refractivity contribution in [2.24, 2.45) is 0 Å². The van der Waals surface area contributed by atoms with Gasteiger partial charge >= 0.3 is 12.2 Å². The molecular weight excluding hydrogens is 729 g/mol. The van der Waals surface area contributed by atoms with Crippen LogP contribution in [0.25, 0.3) is 0 Å². The molecule has 1 aliphatic heterocycles. The second kappa shape index (κ2) is 19.2. The van der Waals surface area contributed by atoms with E-state index in [0.717, 1.165) is 64.6 Å². The lowest BCUT2D eigenvalue weighted by Crippen LogP contribution is -2.46. The second-order valence-corrected chi connectivity index (χ2v) is 16.6. The molecule has 5 rings (SSSR count). The van der Waals surface area contributed by atoms with Gasteiger partial charge in [-0.25, -0.2) is 9.59 Å². The van der Waals surface area contributed by atoms with Crippen LogP contribution in [0.4, 0.5) is 21.0 Å². The molecule has 0 atom stereocenters. The van der Waals surface area contributed by atoms with Crippen molar-refractivity contribution < 1.29 is 28.7 Å². The van der Waals surface area contributed by atoms with E-state index in [2.05, 4.69) is 47.1 Å². The Morgan fingerprint density at radius 2 is 1.24 bits per heavy atom. The van der Waals surface area contributed by atoms with Crippen molar-refractivity contribution in [2.45, 2.75) is 112 Å². The molecule has 0 bridgehead atoms. The summed E-state index contributed by atoms with van der Waals surface area (Å²) in [5, 5.41) is 9.05. The fourth-order valence-electron chi connectivity index (χ4n) is 7.75. The molecule has 0 aromatic heterocycles. The standard InChI is InChI=1S/C48H60N4O6/c1-9-10-11-15-23-49-43(53)37-19-16-20-38(30-37)44(54)50-41-32(2)26-39(27-33(41)3)48(21-24-52(25-22-48)46(56)57-31-36-17-13-12-14-18-36)40-28-34(4)42(35(5)29-40)51-45(55)58-47(6,7)8/h12-14,16-20,26-30H,9-11,15,21-25,31H2,1-8H3,(H,49,53)(H,50,54)(H,51,55). The Labute approximate surface area is 344 Å². The molecule has 4 amide bonds. The van der Waals surface area contributed by atoms with E-state index >= 15 is 0 Å².